The predicted octanol–water partition coefficient (Wildman–Crippen LogP) is 0.713. The first-order valence-electron chi connectivity index (χ1n) is 6.32. The average molecular weight is 288 g/mol. The highest BCUT2D eigenvalue weighted by atomic mass is 16.5. The van der Waals surface area contributed by atoms with Gasteiger partial charge in [-0.3, -0.25) is 14.7 Å². The number of H-pyrrole nitrogens is 2. The normalized spacial score (nSPS) is 10.8. The van der Waals surface area contributed by atoms with Crippen LogP contribution >= 0.6 is 0 Å². The number of nitrogens with one attached hydrogen (secondary N) is 3. The van der Waals surface area contributed by atoms with Crippen molar-refractivity contribution >= 4 is 12.1 Å². The number of hydrogen-bond donors (Lipinski definition) is 3. The van der Waals surface area contributed by atoms with Crippen molar-refractivity contribution in [1.82, 2.24) is 15.6 Å². The summed E-state index contributed by atoms with van der Waals surface area (Å²) in [5, 5.41) is 8.94. The summed E-state index contributed by atoms with van der Waals surface area (Å²) in [6.07, 6.45) is 1.50. The van der Waals surface area contributed by atoms with Gasteiger partial charge in [-0.15, -0.1) is 0 Å². The van der Waals surface area contributed by atoms with Gasteiger partial charge in [0.05, 0.1) is 19.7 Å². The Labute approximate surface area is 121 Å². The van der Waals surface area contributed by atoms with Crippen LogP contribution in [0.25, 0.3) is 0 Å². The highest BCUT2D eigenvalue weighted by Gasteiger charge is 2.10. The van der Waals surface area contributed by atoms with Crippen LogP contribution in [0.3, 0.4) is 0 Å². The Morgan fingerprint density at radius 2 is 2.05 bits per heavy atom. The van der Waals surface area contributed by atoms with E-state index in [0.717, 1.165) is 11.3 Å². The molecule has 0 aliphatic carbocycles. The molecule has 0 aliphatic heterocycles. The van der Waals surface area contributed by atoms with Crippen LogP contribution in [0.1, 0.15) is 16.8 Å². The molecule has 1 aromatic heterocycles. The first-order chi connectivity index (χ1) is 10.1. The Morgan fingerprint density at radius 1 is 1.33 bits per heavy atom. The van der Waals surface area contributed by atoms with Gasteiger partial charge < -0.3 is 9.84 Å². The van der Waals surface area contributed by atoms with Gasteiger partial charge in [0.2, 0.25) is 5.91 Å². The second-order valence-electron chi connectivity index (χ2n) is 4.43. The van der Waals surface area contributed by atoms with Crippen molar-refractivity contribution in [2.24, 2.45) is 5.10 Å². The summed E-state index contributed by atoms with van der Waals surface area (Å²) in [6.45, 7) is 1.72. The van der Waals surface area contributed by atoms with E-state index in [1.807, 2.05) is 12.1 Å². The molecule has 0 spiro atoms. The molecule has 0 radical (unpaired) electrons. The average Bonchev–Trinajstić information content (AvgIpc) is 2.80. The molecule has 0 unspecified atom stereocenters. The number of amides is 1. The smallest absolute Gasteiger partial charge is 0.267 e. The zero-order chi connectivity index (χ0) is 15.2. The number of benzene rings is 1. The van der Waals surface area contributed by atoms with Gasteiger partial charge in [-0.2, -0.15) is 5.10 Å². The highest BCUT2D eigenvalue weighted by molar-refractivity contribution is 5.83. The monoisotopic (exact) mass is 288 g/mol. The molecule has 0 bridgehead atoms. The lowest BCUT2D eigenvalue weighted by molar-refractivity contribution is -0.120. The summed E-state index contributed by atoms with van der Waals surface area (Å²) in [4.78, 5) is 23.1. The van der Waals surface area contributed by atoms with Crippen LogP contribution < -0.4 is 15.7 Å². The minimum atomic E-state index is -0.354. The molecule has 0 fully saturated rings. The Hall–Kier alpha value is -2.83. The van der Waals surface area contributed by atoms with Crippen LogP contribution in [0.15, 0.2) is 34.2 Å². The third-order valence-electron chi connectivity index (χ3n) is 2.95. The van der Waals surface area contributed by atoms with E-state index in [0.29, 0.717) is 11.3 Å². The number of rotatable bonds is 5. The van der Waals surface area contributed by atoms with Crippen LogP contribution in [0.2, 0.25) is 0 Å². The van der Waals surface area contributed by atoms with Gasteiger partial charge >= 0.3 is 0 Å². The van der Waals surface area contributed by atoms with Crippen molar-refractivity contribution in [3.05, 3.63) is 51.4 Å². The van der Waals surface area contributed by atoms with E-state index in [1.165, 1.54) is 6.21 Å². The number of aromatic nitrogens is 2. The van der Waals surface area contributed by atoms with E-state index in [1.54, 1.807) is 26.2 Å². The maximum Gasteiger partial charge on any atom is 0.267 e. The molecule has 21 heavy (non-hydrogen) atoms. The molecular formula is C14H16N4O3. The van der Waals surface area contributed by atoms with Crippen LogP contribution in [-0.2, 0) is 11.2 Å². The number of hydrogen-bond acceptors (Lipinski definition) is 4. The van der Waals surface area contributed by atoms with Gasteiger partial charge in [-0.25, -0.2) is 5.43 Å². The first kappa shape index (κ1) is 14.6. The molecule has 0 atom stereocenters. The molecule has 1 heterocycles. The Bertz CT molecular complexity index is 698. The lowest BCUT2D eigenvalue weighted by atomic mass is 10.2. The highest BCUT2D eigenvalue weighted by Crippen LogP contribution is 2.09. The van der Waals surface area contributed by atoms with E-state index >= 15 is 0 Å². The third-order valence-corrected chi connectivity index (χ3v) is 2.95. The maximum absolute atomic E-state index is 11.7. The molecule has 2 rings (SSSR count). The third kappa shape index (κ3) is 3.82. The Morgan fingerprint density at radius 3 is 2.62 bits per heavy atom. The Kier molecular flexibility index (Phi) is 4.55. The fraction of sp³-hybridized carbons (Fsp3) is 0.214. The van der Waals surface area contributed by atoms with E-state index in [2.05, 4.69) is 20.7 Å². The van der Waals surface area contributed by atoms with Crippen LogP contribution in [0.4, 0.5) is 0 Å². The molecule has 0 saturated heterocycles. The standard InChI is InChI=1S/C14H16N4O3/c1-9-12(14(20)18-16-9)7-13(19)17-15-8-10-3-5-11(21-2)6-4-10/h3-6,8H,7H2,1-2H3,(H,17,19)(H2,16,18,20)/b15-8+. The lowest BCUT2D eigenvalue weighted by Crippen LogP contribution is -2.23. The van der Waals surface area contributed by atoms with Gasteiger partial charge in [-0.1, -0.05) is 0 Å². The second-order valence-corrected chi connectivity index (χ2v) is 4.43. The quantitative estimate of drug-likeness (QED) is 0.558. The largest absolute Gasteiger partial charge is 0.497 e. The molecule has 3 N–H and O–H groups in total. The van der Waals surface area contributed by atoms with Crippen molar-refractivity contribution in [2.45, 2.75) is 13.3 Å². The van der Waals surface area contributed by atoms with Crippen LogP contribution in [-0.4, -0.2) is 29.4 Å². The van der Waals surface area contributed by atoms with Crippen molar-refractivity contribution in [2.75, 3.05) is 7.11 Å². The number of methoxy groups -OCH3 is 1. The SMILES string of the molecule is COc1ccc(/C=N/NC(=O)Cc2c(C)[nH][nH]c2=O)cc1. The molecular weight excluding hydrogens is 272 g/mol. The van der Waals surface area contributed by atoms with Gasteiger partial charge in [-0.05, 0) is 36.8 Å². The number of ether oxygens (including phenoxy) is 1. The van der Waals surface area contributed by atoms with E-state index in [-0.39, 0.29) is 17.9 Å². The summed E-state index contributed by atoms with van der Waals surface area (Å²) in [5.74, 6) is 0.395. The second kappa shape index (κ2) is 6.56. The van der Waals surface area contributed by atoms with Crippen LogP contribution in [0, 0.1) is 6.92 Å². The maximum atomic E-state index is 11.7. The molecule has 0 saturated carbocycles. The summed E-state index contributed by atoms with van der Waals surface area (Å²) in [7, 11) is 1.59. The van der Waals surface area contributed by atoms with E-state index in [4.69, 9.17) is 4.74 Å². The summed E-state index contributed by atoms with van der Waals surface area (Å²) in [5.41, 5.74) is 3.98. The lowest BCUT2D eigenvalue weighted by Gasteiger charge is -2.00. The zero-order valence-corrected chi connectivity index (χ0v) is 11.8. The van der Waals surface area contributed by atoms with Gasteiger partial charge in [0.15, 0.2) is 0 Å². The van der Waals surface area contributed by atoms with Gasteiger partial charge in [0.25, 0.3) is 5.56 Å². The number of nitrogens with zero attached hydrogens (tertiary/aromatic N) is 1. The van der Waals surface area contributed by atoms with Crippen molar-refractivity contribution in [3.63, 3.8) is 0 Å². The summed E-state index contributed by atoms with van der Waals surface area (Å²) in [6, 6.07) is 7.22. The summed E-state index contributed by atoms with van der Waals surface area (Å²) >= 11 is 0. The molecule has 1 aromatic carbocycles. The predicted molar refractivity (Wildman–Crippen MR) is 78.6 cm³/mol. The molecule has 1 amide bonds. The molecule has 7 nitrogen and oxygen atoms in total. The van der Waals surface area contributed by atoms with Gasteiger partial charge in [0.1, 0.15) is 5.75 Å². The van der Waals surface area contributed by atoms with Crippen LogP contribution in [0.5, 0.6) is 5.75 Å². The minimum Gasteiger partial charge on any atom is -0.497 e. The van der Waals surface area contributed by atoms with Crippen molar-refractivity contribution in [1.29, 1.82) is 0 Å². The number of aryl methyl sites for hydroxylation is 1. The topological polar surface area (TPSA) is 99.3 Å². The molecule has 2 aromatic rings. The number of hydrazone groups is 1. The minimum absolute atomic E-state index is 0.0232. The van der Waals surface area contributed by atoms with Gasteiger partial charge in [0, 0.05) is 11.3 Å². The number of carbonyl (C=O) groups is 1. The van der Waals surface area contributed by atoms with E-state index in [9.17, 15) is 9.59 Å². The zero-order valence-electron chi connectivity index (χ0n) is 11.8. The first-order valence-corrected chi connectivity index (χ1v) is 6.32. The fourth-order valence-corrected chi connectivity index (χ4v) is 1.75. The molecule has 7 heteroatoms. The van der Waals surface area contributed by atoms with Crippen molar-refractivity contribution in [3.8, 4) is 5.75 Å². The number of aromatic amines is 2. The van der Waals surface area contributed by atoms with Crippen molar-refractivity contribution < 1.29 is 9.53 Å². The van der Waals surface area contributed by atoms with E-state index < -0.39 is 0 Å². The summed E-state index contributed by atoms with van der Waals surface area (Å²) < 4.78 is 5.04. The number of carbonyl (C=O) groups excluding carboxylic acids is 1. The Balaban J connectivity index is 1.91. The molecule has 110 valence electrons. The molecule has 0 aliphatic rings. The fourth-order valence-electron chi connectivity index (χ4n) is 1.75.